The summed E-state index contributed by atoms with van der Waals surface area (Å²) in [5.74, 6) is -0.321. The standard InChI is InChI=1S/C26H29N5O3/c32-18-29-11-6-12-30(14-13-29)26(34)22-15-20(28-25(33)19-7-2-1-3-8-19)16-23-24(22)31(17-27-23)21-9-4-5-10-21/h1-3,7-8,15-18,21H,4-6,9-14H2,(H,28,33). The minimum absolute atomic E-state index is 0.0895. The summed E-state index contributed by atoms with van der Waals surface area (Å²) in [7, 11) is 0. The first-order valence-corrected chi connectivity index (χ1v) is 12.0. The van der Waals surface area contributed by atoms with Gasteiger partial charge in [-0.15, -0.1) is 0 Å². The number of anilines is 1. The van der Waals surface area contributed by atoms with E-state index in [1.54, 1.807) is 23.1 Å². The van der Waals surface area contributed by atoms with E-state index in [9.17, 15) is 14.4 Å². The number of carbonyl (C=O) groups excluding carboxylic acids is 3. The molecule has 0 spiro atoms. The molecule has 1 aromatic heterocycles. The Hall–Kier alpha value is -3.68. The van der Waals surface area contributed by atoms with Crippen LogP contribution >= 0.6 is 0 Å². The first kappa shape index (κ1) is 22.1. The van der Waals surface area contributed by atoms with Crippen molar-refractivity contribution in [3.05, 3.63) is 59.9 Å². The van der Waals surface area contributed by atoms with E-state index in [-0.39, 0.29) is 11.8 Å². The third-order valence-electron chi connectivity index (χ3n) is 6.88. The number of fused-ring (bicyclic) bond motifs is 1. The predicted molar refractivity (Wildman–Crippen MR) is 130 cm³/mol. The van der Waals surface area contributed by atoms with E-state index in [0.29, 0.717) is 54.6 Å². The second-order valence-corrected chi connectivity index (χ2v) is 9.09. The lowest BCUT2D eigenvalue weighted by atomic mass is 10.1. The molecule has 1 saturated heterocycles. The van der Waals surface area contributed by atoms with Crippen LogP contribution in [0.2, 0.25) is 0 Å². The van der Waals surface area contributed by atoms with Crippen molar-refractivity contribution in [3.8, 4) is 0 Å². The Morgan fingerprint density at radius 3 is 2.53 bits per heavy atom. The topological polar surface area (TPSA) is 87.5 Å². The van der Waals surface area contributed by atoms with Gasteiger partial charge in [-0.05, 0) is 43.5 Å². The molecule has 3 aromatic rings. The molecule has 1 aliphatic heterocycles. The maximum absolute atomic E-state index is 13.8. The predicted octanol–water partition coefficient (Wildman–Crippen LogP) is 3.71. The number of amides is 3. The highest BCUT2D eigenvalue weighted by Gasteiger charge is 2.27. The molecule has 2 heterocycles. The van der Waals surface area contributed by atoms with Gasteiger partial charge in [0.15, 0.2) is 0 Å². The van der Waals surface area contributed by atoms with E-state index in [4.69, 9.17) is 0 Å². The summed E-state index contributed by atoms with van der Waals surface area (Å²) in [5.41, 5.74) is 3.17. The molecule has 3 amide bonds. The van der Waals surface area contributed by atoms with Crippen LogP contribution in [-0.2, 0) is 4.79 Å². The zero-order valence-corrected chi connectivity index (χ0v) is 19.2. The lowest BCUT2D eigenvalue weighted by Crippen LogP contribution is -2.35. The van der Waals surface area contributed by atoms with Gasteiger partial charge in [-0.2, -0.15) is 0 Å². The molecular weight excluding hydrogens is 430 g/mol. The summed E-state index contributed by atoms with van der Waals surface area (Å²) in [6, 6.07) is 13.0. The summed E-state index contributed by atoms with van der Waals surface area (Å²) in [4.78, 5) is 46.0. The maximum atomic E-state index is 13.8. The highest BCUT2D eigenvalue weighted by Crippen LogP contribution is 2.34. The summed E-state index contributed by atoms with van der Waals surface area (Å²) < 4.78 is 2.15. The molecule has 2 fully saturated rings. The zero-order chi connectivity index (χ0) is 23.5. The largest absolute Gasteiger partial charge is 0.343 e. The molecule has 0 atom stereocenters. The Morgan fingerprint density at radius 2 is 1.76 bits per heavy atom. The van der Waals surface area contributed by atoms with Crippen LogP contribution in [0.5, 0.6) is 0 Å². The first-order chi connectivity index (χ1) is 16.6. The van der Waals surface area contributed by atoms with Crippen molar-refractivity contribution >= 4 is 34.9 Å². The number of aromatic nitrogens is 2. The van der Waals surface area contributed by atoms with Gasteiger partial charge in [0.25, 0.3) is 11.8 Å². The van der Waals surface area contributed by atoms with Crippen molar-refractivity contribution in [1.29, 1.82) is 0 Å². The Bertz CT molecular complexity index is 1200. The molecule has 0 radical (unpaired) electrons. The summed E-state index contributed by atoms with van der Waals surface area (Å²) in [6.45, 7) is 2.24. The Labute approximate surface area is 198 Å². The van der Waals surface area contributed by atoms with Crippen molar-refractivity contribution in [1.82, 2.24) is 19.4 Å². The molecule has 0 bridgehead atoms. The van der Waals surface area contributed by atoms with Gasteiger partial charge in [-0.3, -0.25) is 14.4 Å². The van der Waals surface area contributed by atoms with Gasteiger partial charge in [0.05, 0.1) is 22.9 Å². The minimum Gasteiger partial charge on any atom is -0.343 e. The Balaban J connectivity index is 1.52. The van der Waals surface area contributed by atoms with Gasteiger partial charge in [0, 0.05) is 43.5 Å². The van der Waals surface area contributed by atoms with Crippen LogP contribution in [0.15, 0.2) is 48.8 Å². The summed E-state index contributed by atoms with van der Waals surface area (Å²) in [5, 5.41) is 2.94. The van der Waals surface area contributed by atoms with E-state index in [2.05, 4.69) is 14.9 Å². The van der Waals surface area contributed by atoms with E-state index in [1.165, 1.54) is 12.8 Å². The van der Waals surface area contributed by atoms with E-state index >= 15 is 0 Å². The average molecular weight is 460 g/mol. The molecule has 1 aliphatic carbocycles. The number of imidazole rings is 1. The number of carbonyl (C=O) groups is 3. The molecule has 5 rings (SSSR count). The molecule has 8 nitrogen and oxygen atoms in total. The normalized spacial score (nSPS) is 17.1. The van der Waals surface area contributed by atoms with Crippen molar-refractivity contribution in [2.75, 3.05) is 31.5 Å². The van der Waals surface area contributed by atoms with Gasteiger partial charge in [-0.25, -0.2) is 4.98 Å². The molecule has 8 heteroatoms. The van der Waals surface area contributed by atoms with Crippen LogP contribution in [0.3, 0.4) is 0 Å². The lowest BCUT2D eigenvalue weighted by Gasteiger charge is -2.23. The third kappa shape index (κ3) is 4.40. The first-order valence-electron chi connectivity index (χ1n) is 12.0. The molecule has 2 aliphatic rings. The summed E-state index contributed by atoms with van der Waals surface area (Å²) >= 11 is 0. The average Bonchev–Trinajstić information content (AvgIpc) is 3.48. The Kier molecular flexibility index (Phi) is 6.29. The van der Waals surface area contributed by atoms with Crippen LogP contribution in [-0.4, -0.2) is 63.8 Å². The monoisotopic (exact) mass is 459 g/mol. The molecule has 1 N–H and O–H groups in total. The van der Waals surface area contributed by atoms with Crippen molar-refractivity contribution in [2.45, 2.75) is 38.1 Å². The zero-order valence-electron chi connectivity index (χ0n) is 19.2. The number of rotatable bonds is 5. The summed E-state index contributed by atoms with van der Waals surface area (Å²) in [6.07, 6.45) is 7.91. The van der Waals surface area contributed by atoms with Crippen LogP contribution in [0, 0.1) is 0 Å². The van der Waals surface area contributed by atoms with Crippen LogP contribution in [0.1, 0.15) is 58.9 Å². The number of nitrogens with zero attached hydrogens (tertiary/aromatic N) is 4. The molecular formula is C26H29N5O3. The van der Waals surface area contributed by atoms with Crippen molar-refractivity contribution in [2.24, 2.45) is 0 Å². The quantitative estimate of drug-likeness (QED) is 0.590. The van der Waals surface area contributed by atoms with Crippen molar-refractivity contribution < 1.29 is 14.4 Å². The molecule has 2 aromatic carbocycles. The number of benzene rings is 2. The number of nitrogens with one attached hydrogen (secondary N) is 1. The van der Waals surface area contributed by atoms with Crippen LogP contribution < -0.4 is 5.32 Å². The second-order valence-electron chi connectivity index (χ2n) is 9.09. The molecule has 176 valence electrons. The van der Waals surface area contributed by atoms with E-state index < -0.39 is 0 Å². The van der Waals surface area contributed by atoms with Crippen LogP contribution in [0.25, 0.3) is 11.0 Å². The van der Waals surface area contributed by atoms with E-state index in [0.717, 1.165) is 31.2 Å². The number of hydrogen-bond acceptors (Lipinski definition) is 4. The SMILES string of the molecule is O=CN1CCCN(C(=O)c2cc(NC(=O)c3ccccc3)cc3ncn(C4CCCC4)c23)CC1. The molecule has 1 saturated carbocycles. The fourth-order valence-electron chi connectivity index (χ4n) is 5.07. The van der Waals surface area contributed by atoms with Gasteiger partial charge in [-0.1, -0.05) is 31.0 Å². The Morgan fingerprint density at radius 1 is 0.971 bits per heavy atom. The van der Waals surface area contributed by atoms with Gasteiger partial charge in [0.2, 0.25) is 6.41 Å². The second kappa shape index (κ2) is 9.67. The fourth-order valence-corrected chi connectivity index (χ4v) is 5.07. The maximum Gasteiger partial charge on any atom is 0.256 e. The molecule has 0 unspecified atom stereocenters. The number of hydrogen-bond donors (Lipinski definition) is 1. The highest BCUT2D eigenvalue weighted by atomic mass is 16.2. The minimum atomic E-state index is -0.232. The van der Waals surface area contributed by atoms with Gasteiger partial charge >= 0.3 is 0 Å². The van der Waals surface area contributed by atoms with E-state index in [1.807, 2.05) is 35.5 Å². The highest BCUT2D eigenvalue weighted by molar-refractivity contribution is 6.09. The van der Waals surface area contributed by atoms with Gasteiger partial charge < -0.3 is 19.7 Å². The lowest BCUT2D eigenvalue weighted by molar-refractivity contribution is -0.118. The fraction of sp³-hybridized carbons (Fsp3) is 0.385. The van der Waals surface area contributed by atoms with Crippen molar-refractivity contribution in [3.63, 3.8) is 0 Å². The smallest absolute Gasteiger partial charge is 0.256 e. The molecule has 34 heavy (non-hydrogen) atoms. The van der Waals surface area contributed by atoms with Gasteiger partial charge in [0.1, 0.15) is 0 Å². The van der Waals surface area contributed by atoms with Crippen LogP contribution in [0.4, 0.5) is 5.69 Å². The third-order valence-corrected chi connectivity index (χ3v) is 6.88.